The quantitative estimate of drug-likeness (QED) is 0.330. The number of benzene rings is 2. The molecule has 1 aliphatic rings. The Labute approximate surface area is 161 Å². The van der Waals surface area contributed by atoms with Gasteiger partial charge in [-0.15, -0.1) is 0 Å². The lowest BCUT2D eigenvalue weighted by Gasteiger charge is -2.25. The smallest absolute Gasteiger partial charge is 0.295 e. The van der Waals surface area contributed by atoms with Crippen molar-refractivity contribution in [3.63, 3.8) is 0 Å². The lowest BCUT2D eigenvalue weighted by Crippen LogP contribution is -2.33. The average Bonchev–Trinajstić information content (AvgIpc) is 2.97. The summed E-state index contributed by atoms with van der Waals surface area (Å²) in [7, 11) is 0. The minimum Gasteiger partial charge on any atom is -0.507 e. The second kappa shape index (κ2) is 8.77. The second-order valence-electron chi connectivity index (χ2n) is 6.25. The van der Waals surface area contributed by atoms with E-state index in [0.29, 0.717) is 11.1 Å². The van der Waals surface area contributed by atoms with Crippen LogP contribution in [0.1, 0.15) is 17.2 Å². The fourth-order valence-corrected chi connectivity index (χ4v) is 3.18. The molecule has 2 N–H and O–H groups in total. The molecule has 1 amide bonds. The number of amides is 1. The molecule has 0 saturated carbocycles. The number of rotatable bonds is 7. The van der Waals surface area contributed by atoms with E-state index in [1.807, 2.05) is 0 Å². The Morgan fingerprint density at radius 1 is 1.04 bits per heavy atom. The van der Waals surface area contributed by atoms with Crippen molar-refractivity contribution in [1.82, 2.24) is 4.90 Å². The van der Waals surface area contributed by atoms with Crippen molar-refractivity contribution >= 4 is 17.4 Å². The van der Waals surface area contributed by atoms with Gasteiger partial charge in [-0.1, -0.05) is 42.5 Å². The third-order valence-corrected chi connectivity index (χ3v) is 4.49. The summed E-state index contributed by atoms with van der Waals surface area (Å²) in [5, 5.41) is 19.6. The van der Waals surface area contributed by atoms with Gasteiger partial charge in [-0.2, -0.15) is 0 Å². The summed E-state index contributed by atoms with van der Waals surface area (Å²) in [5.74, 6) is -2.31. The first kappa shape index (κ1) is 19.7. The molecule has 0 aromatic heterocycles. The number of ketones is 1. The van der Waals surface area contributed by atoms with Gasteiger partial charge in [0.05, 0.1) is 31.4 Å². The summed E-state index contributed by atoms with van der Waals surface area (Å²) in [5.41, 5.74) is 0.856. The van der Waals surface area contributed by atoms with Crippen molar-refractivity contribution in [3.05, 3.63) is 77.1 Å². The van der Waals surface area contributed by atoms with Crippen molar-refractivity contribution in [2.45, 2.75) is 6.04 Å². The zero-order chi connectivity index (χ0) is 20.1. The summed E-state index contributed by atoms with van der Waals surface area (Å²) in [6.45, 7) is 0.137. The predicted octanol–water partition coefficient (Wildman–Crippen LogP) is 2.26. The van der Waals surface area contributed by atoms with E-state index < -0.39 is 23.5 Å². The van der Waals surface area contributed by atoms with Crippen LogP contribution in [-0.4, -0.2) is 53.2 Å². The van der Waals surface area contributed by atoms with E-state index in [-0.39, 0.29) is 37.7 Å². The monoisotopic (exact) mass is 385 g/mol. The fraction of sp³-hybridized carbons (Fsp3) is 0.238. The van der Waals surface area contributed by atoms with Crippen LogP contribution in [0.25, 0.3) is 5.76 Å². The molecule has 2 aromatic rings. The fourth-order valence-electron chi connectivity index (χ4n) is 3.18. The Morgan fingerprint density at radius 2 is 1.71 bits per heavy atom. The van der Waals surface area contributed by atoms with Crippen LogP contribution in [0, 0.1) is 5.82 Å². The van der Waals surface area contributed by atoms with Crippen LogP contribution in [0.5, 0.6) is 0 Å². The first-order valence-corrected chi connectivity index (χ1v) is 8.82. The molecule has 2 aromatic carbocycles. The first-order chi connectivity index (χ1) is 13.5. The Balaban J connectivity index is 2.04. The molecular weight excluding hydrogens is 365 g/mol. The van der Waals surface area contributed by atoms with E-state index in [1.165, 1.54) is 29.2 Å². The van der Waals surface area contributed by atoms with Gasteiger partial charge in [0.15, 0.2) is 0 Å². The molecular formula is C21H20FNO5. The van der Waals surface area contributed by atoms with Gasteiger partial charge in [-0.25, -0.2) is 4.39 Å². The number of halogens is 1. The minimum atomic E-state index is -0.862. The SMILES string of the molecule is O=C1C(=O)N(CCOCCO)C(c2ccc(F)cc2)/C1=C(\O)c1ccccc1. The van der Waals surface area contributed by atoms with Gasteiger partial charge in [0, 0.05) is 12.1 Å². The lowest BCUT2D eigenvalue weighted by molar-refractivity contribution is -0.140. The number of carbonyl (C=O) groups is 2. The molecule has 1 aliphatic heterocycles. The van der Waals surface area contributed by atoms with Crippen LogP contribution in [0.4, 0.5) is 4.39 Å². The number of ether oxygens (including phenoxy) is 1. The molecule has 1 atom stereocenters. The molecule has 1 fully saturated rings. The number of aliphatic hydroxyl groups is 2. The number of nitrogens with zero attached hydrogens (tertiary/aromatic N) is 1. The molecule has 1 heterocycles. The zero-order valence-electron chi connectivity index (χ0n) is 15.0. The Hall–Kier alpha value is -3.03. The van der Waals surface area contributed by atoms with Gasteiger partial charge < -0.3 is 19.8 Å². The van der Waals surface area contributed by atoms with E-state index in [9.17, 15) is 19.1 Å². The Morgan fingerprint density at radius 3 is 2.36 bits per heavy atom. The number of likely N-dealkylation sites (tertiary alicyclic amines) is 1. The van der Waals surface area contributed by atoms with Crippen LogP contribution >= 0.6 is 0 Å². The van der Waals surface area contributed by atoms with Crippen molar-refractivity contribution in [2.75, 3.05) is 26.4 Å². The van der Waals surface area contributed by atoms with Crippen LogP contribution in [0.2, 0.25) is 0 Å². The molecule has 6 nitrogen and oxygen atoms in total. The molecule has 1 saturated heterocycles. The van der Waals surface area contributed by atoms with Gasteiger partial charge in [-0.3, -0.25) is 9.59 Å². The van der Waals surface area contributed by atoms with E-state index >= 15 is 0 Å². The van der Waals surface area contributed by atoms with Crippen molar-refractivity contribution in [2.24, 2.45) is 0 Å². The highest BCUT2D eigenvalue weighted by atomic mass is 19.1. The summed E-state index contributed by atoms with van der Waals surface area (Å²) in [6, 6.07) is 13.0. The highest BCUT2D eigenvalue weighted by Crippen LogP contribution is 2.39. The van der Waals surface area contributed by atoms with E-state index in [0.717, 1.165) is 0 Å². The van der Waals surface area contributed by atoms with E-state index in [2.05, 4.69) is 0 Å². The van der Waals surface area contributed by atoms with Gasteiger partial charge in [-0.05, 0) is 17.7 Å². The summed E-state index contributed by atoms with van der Waals surface area (Å²) < 4.78 is 18.6. The molecule has 0 bridgehead atoms. The van der Waals surface area contributed by atoms with Crippen molar-refractivity contribution in [1.29, 1.82) is 0 Å². The van der Waals surface area contributed by atoms with Crippen molar-refractivity contribution < 1.29 is 28.9 Å². The maximum absolute atomic E-state index is 13.4. The predicted molar refractivity (Wildman–Crippen MR) is 99.8 cm³/mol. The van der Waals surface area contributed by atoms with Crippen LogP contribution in [0.3, 0.4) is 0 Å². The molecule has 1 unspecified atom stereocenters. The van der Waals surface area contributed by atoms with Crippen LogP contribution < -0.4 is 0 Å². The van der Waals surface area contributed by atoms with Crippen LogP contribution in [0.15, 0.2) is 60.2 Å². The lowest BCUT2D eigenvalue weighted by atomic mass is 9.95. The highest BCUT2D eigenvalue weighted by Gasteiger charge is 2.45. The molecule has 0 radical (unpaired) electrons. The summed E-state index contributed by atoms with van der Waals surface area (Å²) in [6.07, 6.45) is 0. The number of Topliss-reactive ketones (excluding diaryl/α,β-unsaturated/α-hetero) is 1. The number of carbonyl (C=O) groups excluding carboxylic acids is 2. The number of hydrogen-bond donors (Lipinski definition) is 2. The van der Waals surface area contributed by atoms with E-state index in [4.69, 9.17) is 9.84 Å². The standard InChI is InChI=1S/C21H20FNO5/c22-16-8-6-14(7-9-16)18-17(19(25)15-4-2-1-3-5-15)20(26)21(27)23(18)10-12-28-13-11-24/h1-9,18,24-25H,10-13H2/b19-17+. The number of hydrogen-bond acceptors (Lipinski definition) is 5. The Kier molecular flexibility index (Phi) is 6.18. The maximum atomic E-state index is 13.4. The zero-order valence-corrected chi connectivity index (χ0v) is 15.0. The third kappa shape index (κ3) is 3.95. The minimum absolute atomic E-state index is 0.0510. The molecule has 146 valence electrons. The number of aliphatic hydroxyl groups excluding tert-OH is 2. The average molecular weight is 385 g/mol. The van der Waals surface area contributed by atoms with Crippen molar-refractivity contribution in [3.8, 4) is 0 Å². The van der Waals surface area contributed by atoms with Gasteiger partial charge in [0.2, 0.25) is 0 Å². The van der Waals surface area contributed by atoms with Gasteiger partial charge in [0.25, 0.3) is 11.7 Å². The van der Waals surface area contributed by atoms with E-state index in [1.54, 1.807) is 30.3 Å². The van der Waals surface area contributed by atoms with Crippen LogP contribution in [-0.2, 0) is 14.3 Å². The molecule has 7 heteroatoms. The normalized spacial score (nSPS) is 18.6. The summed E-state index contributed by atoms with van der Waals surface area (Å²) in [4.78, 5) is 26.6. The summed E-state index contributed by atoms with van der Waals surface area (Å²) >= 11 is 0. The molecule has 0 spiro atoms. The third-order valence-electron chi connectivity index (χ3n) is 4.49. The van der Waals surface area contributed by atoms with Gasteiger partial charge in [0.1, 0.15) is 11.6 Å². The second-order valence-corrected chi connectivity index (χ2v) is 6.25. The topological polar surface area (TPSA) is 87.1 Å². The maximum Gasteiger partial charge on any atom is 0.295 e. The molecule has 0 aliphatic carbocycles. The largest absolute Gasteiger partial charge is 0.507 e. The first-order valence-electron chi connectivity index (χ1n) is 8.82. The molecule has 3 rings (SSSR count). The Bertz CT molecular complexity index is 879. The molecule has 28 heavy (non-hydrogen) atoms. The highest BCUT2D eigenvalue weighted by molar-refractivity contribution is 6.46. The van der Waals surface area contributed by atoms with Gasteiger partial charge >= 0.3 is 0 Å².